The quantitative estimate of drug-likeness (QED) is 0.244. The van der Waals surface area contributed by atoms with Crippen molar-refractivity contribution in [3.63, 3.8) is 0 Å². The van der Waals surface area contributed by atoms with Crippen molar-refractivity contribution in [1.82, 2.24) is 25.1 Å². The lowest BCUT2D eigenvalue weighted by Crippen LogP contribution is -2.25. The SMILES string of the molecule is CCc1cc(C(=O)c2ccccc2Cl)c(-n2c(CNC(=O)c3cc4ccccc4[nH]3)nnc2C(=O)O)s1. The van der Waals surface area contributed by atoms with Crippen LogP contribution in [0, 0.1) is 0 Å². The van der Waals surface area contributed by atoms with Gasteiger partial charge in [0.15, 0.2) is 11.6 Å². The summed E-state index contributed by atoms with van der Waals surface area (Å²) in [7, 11) is 0. The number of carboxylic acid groups (broad SMARTS) is 1. The van der Waals surface area contributed by atoms with Gasteiger partial charge in [0.05, 0.1) is 17.1 Å². The van der Waals surface area contributed by atoms with Crippen molar-refractivity contribution in [3.05, 3.63) is 99.0 Å². The van der Waals surface area contributed by atoms with Crippen molar-refractivity contribution in [2.24, 2.45) is 0 Å². The topological polar surface area (TPSA) is 130 Å². The zero-order chi connectivity index (χ0) is 26.1. The molecule has 0 unspecified atom stereocenters. The van der Waals surface area contributed by atoms with E-state index in [1.54, 1.807) is 36.4 Å². The number of H-pyrrole nitrogens is 1. The highest BCUT2D eigenvalue weighted by Gasteiger charge is 2.27. The fourth-order valence-corrected chi connectivity index (χ4v) is 5.29. The molecule has 0 aliphatic heterocycles. The van der Waals surface area contributed by atoms with Crippen molar-refractivity contribution < 1.29 is 19.5 Å². The molecule has 186 valence electrons. The van der Waals surface area contributed by atoms with Gasteiger partial charge in [0.25, 0.3) is 5.91 Å². The van der Waals surface area contributed by atoms with Crippen LogP contribution in [0.5, 0.6) is 0 Å². The highest BCUT2D eigenvalue weighted by atomic mass is 35.5. The number of nitrogens with one attached hydrogen (secondary N) is 2. The number of ketones is 1. The van der Waals surface area contributed by atoms with Gasteiger partial charge in [0.1, 0.15) is 10.7 Å². The normalized spacial score (nSPS) is 11.1. The highest BCUT2D eigenvalue weighted by molar-refractivity contribution is 7.15. The number of hydrogen-bond acceptors (Lipinski definition) is 6. The van der Waals surface area contributed by atoms with Crippen molar-refractivity contribution in [3.8, 4) is 5.00 Å². The number of nitrogens with zero attached hydrogens (tertiary/aromatic N) is 3. The number of aromatic nitrogens is 4. The number of carbonyl (C=O) groups is 3. The van der Waals surface area contributed by atoms with Crippen molar-refractivity contribution in [2.75, 3.05) is 0 Å². The van der Waals surface area contributed by atoms with Crippen LogP contribution in [0.2, 0.25) is 5.02 Å². The molecule has 0 aliphatic carbocycles. The largest absolute Gasteiger partial charge is 0.475 e. The van der Waals surface area contributed by atoms with Gasteiger partial charge >= 0.3 is 5.97 Å². The summed E-state index contributed by atoms with van der Waals surface area (Å²) >= 11 is 7.54. The van der Waals surface area contributed by atoms with Crippen molar-refractivity contribution in [1.29, 1.82) is 0 Å². The number of aromatic amines is 1. The van der Waals surface area contributed by atoms with Crippen LogP contribution in [-0.2, 0) is 13.0 Å². The summed E-state index contributed by atoms with van der Waals surface area (Å²) in [6.45, 7) is 1.82. The van der Waals surface area contributed by atoms with Gasteiger partial charge in [-0.2, -0.15) is 0 Å². The Kier molecular flexibility index (Phi) is 6.60. The van der Waals surface area contributed by atoms with Crippen LogP contribution in [0.1, 0.15) is 54.7 Å². The van der Waals surface area contributed by atoms with E-state index in [2.05, 4.69) is 20.5 Å². The molecule has 11 heteroatoms. The average molecular weight is 534 g/mol. The number of aryl methyl sites for hydroxylation is 1. The van der Waals surface area contributed by atoms with Crippen LogP contribution in [-0.4, -0.2) is 42.5 Å². The van der Waals surface area contributed by atoms with Crippen molar-refractivity contribution >= 4 is 51.5 Å². The number of aromatic carboxylic acids is 1. The molecule has 3 aromatic heterocycles. The van der Waals surface area contributed by atoms with Crippen molar-refractivity contribution in [2.45, 2.75) is 19.9 Å². The summed E-state index contributed by atoms with van der Waals surface area (Å²) < 4.78 is 1.31. The third kappa shape index (κ3) is 4.64. The van der Waals surface area contributed by atoms with Gasteiger partial charge in [0, 0.05) is 21.3 Å². The second kappa shape index (κ2) is 10.00. The molecule has 0 bridgehead atoms. The summed E-state index contributed by atoms with van der Waals surface area (Å²) in [5.41, 5.74) is 1.74. The first-order chi connectivity index (χ1) is 17.9. The molecule has 1 amide bonds. The van der Waals surface area contributed by atoms with E-state index in [1.165, 1.54) is 15.9 Å². The third-order valence-corrected chi connectivity index (χ3v) is 7.38. The highest BCUT2D eigenvalue weighted by Crippen LogP contribution is 2.32. The van der Waals surface area contributed by atoms with Crippen LogP contribution in [0.25, 0.3) is 15.9 Å². The van der Waals surface area contributed by atoms with Crippen LogP contribution in [0.15, 0.2) is 60.7 Å². The number of benzene rings is 2. The smallest absolute Gasteiger partial charge is 0.374 e. The number of thiophene rings is 1. The molecule has 0 aliphatic rings. The molecule has 0 fully saturated rings. The van der Waals surface area contributed by atoms with Crippen LogP contribution in [0.3, 0.4) is 0 Å². The molecule has 0 saturated carbocycles. The molecule has 9 nitrogen and oxygen atoms in total. The Morgan fingerprint density at radius 1 is 1.05 bits per heavy atom. The Morgan fingerprint density at radius 2 is 1.81 bits per heavy atom. The van der Waals surface area contributed by atoms with Gasteiger partial charge in [-0.15, -0.1) is 21.5 Å². The van der Waals surface area contributed by atoms with E-state index < -0.39 is 11.9 Å². The molecule has 37 heavy (non-hydrogen) atoms. The first kappa shape index (κ1) is 24.4. The van der Waals surface area contributed by atoms with E-state index in [-0.39, 0.29) is 34.6 Å². The summed E-state index contributed by atoms with van der Waals surface area (Å²) in [4.78, 5) is 42.3. The average Bonchev–Trinajstić information content (AvgIpc) is 3.63. The molecule has 0 spiro atoms. The van der Waals surface area contributed by atoms with E-state index >= 15 is 0 Å². The summed E-state index contributed by atoms with van der Waals surface area (Å²) in [5, 5.41) is 21.9. The maximum absolute atomic E-state index is 13.5. The van der Waals surface area contributed by atoms with Crippen LogP contribution in [0.4, 0.5) is 0 Å². The van der Waals surface area contributed by atoms with Gasteiger partial charge in [-0.1, -0.05) is 48.9 Å². The lowest BCUT2D eigenvalue weighted by Gasteiger charge is -2.10. The Bertz CT molecular complexity index is 1640. The summed E-state index contributed by atoms with van der Waals surface area (Å²) in [6.07, 6.45) is 0.629. The number of halogens is 1. The molecule has 5 aromatic rings. The zero-order valence-corrected chi connectivity index (χ0v) is 21.1. The van der Waals surface area contributed by atoms with Gasteiger partial charge in [0.2, 0.25) is 5.82 Å². The predicted octanol–water partition coefficient (Wildman–Crippen LogP) is 4.89. The zero-order valence-electron chi connectivity index (χ0n) is 19.5. The molecule has 3 heterocycles. The molecular formula is C26H20ClN5O4S. The van der Waals surface area contributed by atoms with Gasteiger partial charge in [-0.3, -0.25) is 14.2 Å². The number of amides is 1. The minimum absolute atomic E-state index is 0.117. The number of carbonyl (C=O) groups excluding carboxylic acids is 2. The lowest BCUT2D eigenvalue weighted by molar-refractivity contribution is 0.0680. The first-order valence-corrected chi connectivity index (χ1v) is 12.5. The number of carboxylic acids is 1. The fraction of sp³-hybridized carbons (Fsp3) is 0.115. The molecule has 5 rings (SSSR count). The van der Waals surface area contributed by atoms with Gasteiger partial charge < -0.3 is 15.4 Å². The van der Waals surface area contributed by atoms with Crippen LogP contribution < -0.4 is 5.32 Å². The molecular weight excluding hydrogens is 514 g/mol. The molecule has 0 atom stereocenters. The number of rotatable bonds is 8. The second-order valence-electron chi connectivity index (χ2n) is 8.13. The number of fused-ring (bicyclic) bond motifs is 1. The molecule has 0 saturated heterocycles. The molecule has 0 radical (unpaired) electrons. The Morgan fingerprint density at radius 3 is 2.54 bits per heavy atom. The van der Waals surface area contributed by atoms with E-state index in [9.17, 15) is 19.5 Å². The summed E-state index contributed by atoms with van der Waals surface area (Å²) in [6, 6.07) is 17.6. The maximum atomic E-state index is 13.5. The number of hydrogen-bond donors (Lipinski definition) is 3. The monoisotopic (exact) mass is 533 g/mol. The summed E-state index contributed by atoms with van der Waals surface area (Å²) in [5.74, 6) is -2.26. The maximum Gasteiger partial charge on any atom is 0.374 e. The Labute approximate surface area is 219 Å². The van der Waals surface area contributed by atoms with Gasteiger partial charge in [-0.25, -0.2) is 4.79 Å². The van der Waals surface area contributed by atoms with E-state index in [0.717, 1.165) is 15.8 Å². The minimum atomic E-state index is -1.32. The number of para-hydroxylation sites is 1. The standard InChI is InChI=1S/C26H20ClN5O4S/c1-2-15-12-17(22(33)16-8-4-5-9-18(16)27)25(37-15)32-21(30-31-23(32)26(35)36)13-28-24(34)20-11-14-7-3-6-10-19(14)29-20/h3-12,29H,2,13H2,1H3,(H,28,34)(H,35,36). The second-order valence-corrected chi connectivity index (χ2v) is 9.65. The molecule has 3 N–H and O–H groups in total. The van der Waals surface area contributed by atoms with Gasteiger partial charge in [-0.05, 0) is 36.8 Å². The van der Waals surface area contributed by atoms with E-state index in [0.29, 0.717) is 22.7 Å². The predicted molar refractivity (Wildman–Crippen MR) is 140 cm³/mol. The van der Waals surface area contributed by atoms with E-state index in [1.807, 2.05) is 31.2 Å². The lowest BCUT2D eigenvalue weighted by atomic mass is 10.0. The minimum Gasteiger partial charge on any atom is -0.475 e. The Hall–Kier alpha value is -4.28. The molecule has 2 aromatic carbocycles. The first-order valence-electron chi connectivity index (χ1n) is 11.3. The Balaban J connectivity index is 1.52. The van der Waals surface area contributed by atoms with Crippen LogP contribution >= 0.6 is 22.9 Å². The fourth-order valence-electron chi connectivity index (χ4n) is 3.96. The van der Waals surface area contributed by atoms with E-state index in [4.69, 9.17) is 11.6 Å². The third-order valence-electron chi connectivity index (χ3n) is 5.78.